The second kappa shape index (κ2) is 10.4. The number of ether oxygens (including phenoxy) is 1. The van der Waals surface area contributed by atoms with Crippen molar-refractivity contribution in [3.63, 3.8) is 0 Å². The molecule has 186 valence electrons. The number of thiophene rings is 1. The largest absolute Gasteiger partial charge is 0.379 e. The predicted octanol–water partition coefficient (Wildman–Crippen LogP) is 4.02. The summed E-state index contributed by atoms with van der Waals surface area (Å²) in [5.41, 5.74) is 0.234. The molecule has 35 heavy (non-hydrogen) atoms. The van der Waals surface area contributed by atoms with Crippen molar-refractivity contribution in [1.82, 2.24) is 4.31 Å². The topological polar surface area (TPSA) is 113 Å². The minimum Gasteiger partial charge on any atom is -0.379 e. The molecule has 2 heterocycles. The number of halogens is 2. The van der Waals surface area contributed by atoms with E-state index >= 15 is 0 Å². The van der Waals surface area contributed by atoms with Crippen molar-refractivity contribution >= 4 is 72.0 Å². The molecule has 2 aromatic carbocycles. The van der Waals surface area contributed by atoms with Gasteiger partial charge in [-0.1, -0.05) is 23.7 Å². The number of benzene rings is 2. The molecule has 1 saturated heterocycles. The maximum absolute atomic E-state index is 13.1. The molecular weight excluding hydrogens is 557 g/mol. The third-order valence-electron chi connectivity index (χ3n) is 5.06. The molecule has 0 unspecified atom stereocenters. The van der Waals surface area contributed by atoms with Gasteiger partial charge in [-0.25, -0.2) is 21.3 Å². The van der Waals surface area contributed by atoms with Crippen LogP contribution in [0.15, 0.2) is 69.8 Å². The van der Waals surface area contributed by atoms with E-state index in [9.17, 15) is 21.6 Å². The minimum absolute atomic E-state index is 0.00116. The zero-order valence-electron chi connectivity index (χ0n) is 17.9. The minimum atomic E-state index is -3.98. The summed E-state index contributed by atoms with van der Waals surface area (Å²) in [4.78, 5) is 13.2. The summed E-state index contributed by atoms with van der Waals surface area (Å²) in [7, 11) is -7.69. The number of sulfonamides is 2. The van der Waals surface area contributed by atoms with Crippen LogP contribution in [0.1, 0.15) is 10.4 Å². The highest BCUT2D eigenvalue weighted by molar-refractivity contribution is 7.94. The average Bonchev–Trinajstić information content (AvgIpc) is 3.31. The van der Waals surface area contributed by atoms with Crippen LogP contribution in [0.3, 0.4) is 0 Å². The molecule has 0 spiro atoms. The first-order chi connectivity index (χ1) is 16.6. The van der Waals surface area contributed by atoms with Crippen molar-refractivity contribution < 1.29 is 26.4 Å². The van der Waals surface area contributed by atoms with Crippen molar-refractivity contribution in [2.75, 3.05) is 35.4 Å². The van der Waals surface area contributed by atoms with Crippen molar-refractivity contribution in [3.05, 3.63) is 70.6 Å². The van der Waals surface area contributed by atoms with Crippen LogP contribution in [-0.2, 0) is 24.8 Å². The number of nitrogens with zero attached hydrogens (tertiary/aromatic N) is 2. The molecule has 14 heteroatoms. The van der Waals surface area contributed by atoms with Crippen LogP contribution in [0.2, 0.25) is 4.34 Å². The Balaban J connectivity index is 1.55. The van der Waals surface area contributed by atoms with Crippen LogP contribution in [0.5, 0.6) is 0 Å². The van der Waals surface area contributed by atoms with Gasteiger partial charge >= 0.3 is 0 Å². The van der Waals surface area contributed by atoms with Gasteiger partial charge in [0.2, 0.25) is 10.0 Å². The molecular formula is C21H19Cl2N3O6S3. The molecule has 1 aliphatic heterocycles. The average molecular weight is 577 g/mol. The number of morpholine rings is 1. The fraction of sp³-hybridized carbons (Fsp3) is 0.190. The molecule has 0 radical (unpaired) electrons. The Hall–Kier alpha value is -2.19. The number of carbonyl (C=O) groups excluding carboxylic acids is 1. The van der Waals surface area contributed by atoms with Gasteiger partial charge in [0.25, 0.3) is 15.9 Å². The maximum atomic E-state index is 13.1. The second-order valence-corrected chi connectivity index (χ2v) is 13.2. The number of nitrogens with one attached hydrogen (secondary N) is 1. The van der Waals surface area contributed by atoms with E-state index in [4.69, 9.17) is 28.1 Å². The third kappa shape index (κ3) is 5.64. The first-order valence-corrected chi connectivity index (χ1v) is 14.6. The molecule has 9 nitrogen and oxygen atoms in total. The van der Waals surface area contributed by atoms with Crippen LogP contribution in [0.25, 0.3) is 0 Å². The van der Waals surface area contributed by atoms with Gasteiger partial charge in [0.05, 0.1) is 39.4 Å². The Morgan fingerprint density at radius 2 is 1.63 bits per heavy atom. The fourth-order valence-electron chi connectivity index (χ4n) is 3.30. The molecule has 1 aromatic heterocycles. The van der Waals surface area contributed by atoms with Crippen LogP contribution in [0.4, 0.5) is 11.4 Å². The molecule has 0 bridgehead atoms. The van der Waals surface area contributed by atoms with E-state index in [1.54, 1.807) is 12.1 Å². The van der Waals surface area contributed by atoms with E-state index in [0.717, 1.165) is 15.8 Å². The van der Waals surface area contributed by atoms with Gasteiger partial charge < -0.3 is 4.74 Å². The van der Waals surface area contributed by atoms with Crippen LogP contribution < -0.4 is 9.14 Å². The van der Waals surface area contributed by atoms with Gasteiger partial charge in [-0.2, -0.15) is 4.31 Å². The Morgan fingerprint density at radius 3 is 2.26 bits per heavy atom. The van der Waals surface area contributed by atoms with Crippen LogP contribution in [-0.4, -0.2) is 53.4 Å². The summed E-state index contributed by atoms with van der Waals surface area (Å²) < 4.78 is 61.0. The highest BCUT2D eigenvalue weighted by atomic mass is 35.5. The molecule has 1 amide bonds. The van der Waals surface area contributed by atoms with Crippen LogP contribution in [0, 0.1) is 0 Å². The van der Waals surface area contributed by atoms with E-state index in [0.29, 0.717) is 17.6 Å². The molecule has 3 aromatic rings. The Morgan fingerprint density at radius 1 is 0.971 bits per heavy atom. The Labute approximate surface area is 217 Å². The summed E-state index contributed by atoms with van der Waals surface area (Å²) in [6, 6.07) is 14.3. The van der Waals surface area contributed by atoms with Gasteiger partial charge in [-0.05, 0) is 48.5 Å². The van der Waals surface area contributed by atoms with E-state index in [1.807, 2.05) is 0 Å². The van der Waals surface area contributed by atoms with Crippen molar-refractivity contribution in [2.24, 2.45) is 0 Å². The first-order valence-electron chi connectivity index (χ1n) is 10.1. The Bertz CT molecular complexity index is 1440. The summed E-state index contributed by atoms with van der Waals surface area (Å²) in [5, 5.41) is 0. The lowest BCUT2D eigenvalue weighted by Gasteiger charge is -2.26. The van der Waals surface area contributed by atoms with Crippen molar-refractivity contribution in [3.8, 4) is 0 Å². The summed E-state index contributed by atoms with van der Waals surface area (Å²) in [6.07, 6.45) is 0. The molecule has 1 fully saturated rings. The summed E-state index contributed by atoms with van der Waals surface area (Å²) >= 11 is 13.0. The highest BCUT2D eigenvalue weighted by Crippen LogP contribution is 2.30. The monoisotopic (exact) mass is 575 g/mol. The van der Waals surface area contributed by atoms with E-state index in [-0.39, 0.29) is 39.1 Å². The lowest BCUT2D eigenvalue weighted by atomic mass is 10.1. The number of para-hydroxylation sites is 1. The Kier molecular flexibility index (Phi) is 7.71. The van der Waals surface area contributed by atoms with E-state index in [2.05, 4.69) is 4.72 Å². The lowest BCUT2D eigenvalue weighted by molar-refractivity contribution is 0.0730. The predicted molar refractivity (Wildman–Crippen MR) is 135 cm³/mol. The maximum Gasteiger partial charge on any atom is 0.275 e. The fourth-order valence-corrected chi connectivity index (χ4v) is 7.48. The zero-order chi connectivity index (χ0) is 25.2. The summed E-state index contributed by atoms with van der Waals surface area (Å²) in [6.45, 7) is 1.16. The molecule has 1 aliphatic rings. The van der Waals surface area contributed by atoms with Gasteiger partial charge in [-0.15, -0.1) is 11.3 Å². The second-order valence-electron chi connectivity index (χ2n) is 7.31. The van der Waals surface area contributed by atoms with E-state index in [1.165, 1.54) is 52.8 Å². The van der Waals surface area contributed by atoms with Gasteiger partial charge in [-0.3, -0.25) is 9.52 Å². The summed E-state index contributed by atoms with van der Waals surface area (Å²) in [5.74, 6) is -0.710. The zero-order valence-corrected chi connectivity index (χ0v) is 21.9. The first kappa shape index (κ1) is 25.9. The number of carbonyl (C=O) groups is 1. The quantitative estimate of drug-likeness (QED) is 0.425. The molecule has 0 atom stereocenters. The van der Waals surface area contributed by atoms with Crippen molar-refractivity contribution in [2.45, 2.75) is 9.10 Å². The van der Waals surface area contributed by atoms with Gasteiger partial charge in [0.15, 0.2) is 0 Å². The number of hydrogen-bond donors (Lipinski definition) is 1. The third-order valence-corrected chi connectivity index (χ3v) is 10.4. The van der Waals surface area contributed by atoms with Gasteiger partial charge in [0, 0.05) is 24.9 Å². The normalized spacial score (nSPS) is 15.0. The molecule has 4 rings (SSSR count). The van der Waals surface area contributed by atoms with E-state index < -0.39 is 26.0 Å². The van der Waals surface area contributed by atoms with Crippen molar-refractivity contribution in [1.29, 1.82) is 0 Å². The van der Waals surface area contributed by atoms with Crippen LogP contribution >= 0.6 is 34.7 Å². The number of rotatable bonds is 7. The SMILES string of the molecule is O=C(c1ccccc1NS(=O)(=O)c1ccc(Cl)s1)N(Cl)c1ccc(S(=O)(=O)N2CCOCC2)cc1. The number of anilines is 2. The number of hydrogen-bond acceptors (Lipinski definition) is 7. The molecule has 0 saturated carbocycles. The lowest BCUT2D eigenvalue weighted by Crippen LogP contribution is -2.40. The molecule has 1 N–H and O–H groups in total. The van der Waals surface area contributed by atoms with Gasteiger partial charge in [0.1, 0.15) is 4.21 Å². The molecule has 0 aliphatic carbocycles. The standard InChI is InChI=1S/C21H19Cl2N3O6S3/c22-19-9-10-20(33-19)34(28,29)24-18-4-2-1-3-17(18)21(27)26(23)15-5-7-16(8-6-15)35(30,31)25-11-13-32-14-12-25/h1-10,24H,11-14H2. The highest BCUT2D eigenvalue weighted by Gasteiger charge is 2.27. The number of amides is 1. The smallest absolute Gasteiger partial charge is 0.275 e.